The Kier molecular flexibility index (Phi) is 5.42. The van der Waals surface area contributed by atoms with Crippen molar-refractivity contribution < 1.29 is 8.42 Å². The number of hydrogen-bond acceptors (Lipinski definition) is 6. The summed E-state index contributed by atoms with van der Waals surface area (Å²) >= 11 is 0. The van der Waals surface area contributed by atoms with E-state index in [0.717, 1.165) is 17.2 Å². The van der Waals surface area contributed by atoms with Gasteiger partial charge in [0, 0.05) is 30.0 Å². The third kappa shape index (κ3) is 4.40. The van der Waals surface area contributed by atoms with Crippen LogP contribution in [0.2, 0.25) is 0 Å². The van der Waals surface area contributed by atoms with E-state index in [4.69, 9.17) is 4.98 Å². The Labute approximate surface area is 162 Å². The van der Waals surface area contributed by atoms with Crippen molar-refractivity contribution in [2.45, 2.75) is 47.1 Å². The molecule has 0 radical (unpaired) electrons. The molecule has 1 aliphatic rings. The van der Waals surface area contributed by atoms with E-state index in [1.807, 2.05) is 24.8 Å². The second kappa shape index (κ2) is 7.46. The summed E-state index contributed by atoms with van der Waals surface area (Å²) < 4.78 is 23.8. The Morgan fingerprint density at radius 3 is 2.33 bits per heavy atom. The number of rotatable bonds is 5. The van der Waals surface area contributed by atoms with Gasteiger partial charge >= 0.3 is 0 Å². The van der Waals surface area contributed by atoms with Gasteiger partial charge in [-0.15, -0.1) is 0 Å². The van der Waals surface area contributed by atoms with Gasteiger partial charge in [0.15, 0.2) is 9.84 Å². The molecule has 7 heteroatoms. The van der Waals surface area contributed by atoms with Crippen molar-refractivity contribution in [3.8, 4) is 0 Å². The molecule has 1 aromatic heterocycles. The summed E-state index contributed by atoms with van der Waals surface area (Å²) in [5.41, 5.74) is 5.47. The van der Waals surface area contributed by atoms with Crippen LogP contribution >= 0.6 is 0 Å². The maximum absolute atomic E-state index is 11.9. The highest BCUT2D eigenvalue weighted by molar-refractivity contribution is 7.91. The van der Waals surface area contributed by atoms with Gasteiger partial charge in [0.25, 0.3) is 0 Å². The zero-order valence-electron chi connectivity index (χ0n) is 16.7. The lowest BCUT2D eigenvalue weighted by molar-refractivity contribution is 0.599. The van der Waals surface area contributed by atoms with E-state index in [1.165, 1.54) is 16.7 Å². The van der Waals surface area contributed by atoms with Crippen molar-refractivity contribution in [2.24, 2.45) is 0 Å². The van der Waals surface area contributed by atoms with Crippen molar-refractivity contribution in [2.75, 3.05) is 28.3 Å². The van der Waals surface area contributed by atoms with E-state index in [1.54, 1.807) is 0 Å². The second-order valence-corrected chi connectivity index (χ2v) is 9.66. The molecule has 1 aromatic carbocycles. The summed E-state index contributed by atoms with van der Waals surface area (Å²) in [6.45, 7) is 10.9. The minimum atomic E-state index is -2.96. The average molecular weight is 389 g/mol. The third-order valence-electron chi connectivity index (χ3n) is 5.02. The predicted octanol–water partition coefficient (Wildman–Crippen LogP) is 3.47. The predicted molar refractivity (Wildman–Crippen MR) is 111 cm³/mol. The molecule has 1 aliphatic heterocycles. The average Bonchev–Trinajstić information content (AvgIpc) is 2.91. The van der Waals surface area contributed by atoms with Crippen LogP contribution in [0, 0.1) is 27.7 Å². The van der Waals surface area contributed by atoms with Gasteiger partial charge in [0.05, 0.1) is 11.5 Å². The Morgan fingerprint density at radius 2 is 1.78 bits per heavy atom. The van der Waals surface area contributed by atoms with E-state index in [9.17, 15) is 8.42 Å². The number of sulfone groups is 1. The van der Waals surface area contributed by atoms with Gasteiger partial charge in [-0.1, -0.05) is 17.7 Å². The van der Waals surface area contributed by atoms with Crippen molar-refractivity contribution in [1.82, 2.24) is 9.97 Å². The summed E-state index contributed by atoms with van der Waals surface area (Å²) in [5, 5.41) is 3.44. The molecule has 0 aliphatic carbocycles. The normalized spacial score (nSPS) is 18.5. The van der Waals surface area contributed by atoms with Crippen molar-refractivity contribution in [1.29, 1.82) is 0 Å². The van der Waals surface area contributed by atoms with Crippen LogP contribution in [0.25, 0.3) is 0 Å². The molecule has 1 fully saturated rings. The van der Waals surface area contributed by atoms with Gasteiger partial charge in [0.1, 0.15) is 5.82 Å². The molecule has 146 valence electrons. The number of nitrogens with one attached hydrogen (secondary N) is 1. The van der Waals surface area contributed by atoms with E-state index < -0.39 is 9.84 Å². The van der Waals surface area contributed by atoms with Gasteiger partial charge in [-0.3, -0.25) is 0 Å². The summed E-state index contributed by atoms with van der Waals surface area (Å²) in [5.74, 6) is 1.74. The highest BCUT2D eigenvalue weighted by Crippen LogP contribution is 2.27. The number of hydrogen-bond donors (Lipinski definition) is 1. The fourth-order valence-corrected chi connectivity index (χ4v) is 5.57. The van der Waals surface area contributed by atoms with Crippen LogP contribution in [0.3, 0.4) is 0 Å². The van der Waals surface area contributed by atoms with Crippen LogP contribution in [0.15, 0.2) is 18.2 Å². The quantitative estimate of drug-likeness (QED) is 0.845. The molecule has 1 unspecified atom stereocenters. The molecular weight excluding hydrogens is 360 g/mol. The van der Waals surface area contributed by atoms with Crippen LogP contribution in [-0.4, -0.2) is 42.5 Å². The molecule has 27 heavy (non-hydrogen) atoms. The molecule has 0 spiro atoms. The molecule has 2 heterocycles. The van der Waals surface area contributed by atoms with Gasteiger partial charge in [-0.25, -0.2) is 13.4 Å². The Bertz CT molecular complexity index is 933. The van der Waals surface area contributed by atoms with Crippen LogP contribution in [0.1, 0.15) is 35.7 Å². The van der Waals surface area contributed by atoms with E-state index >= 15 is 0 Å². The van der Waals surface area contributed by atoms with Gasteiger partial charge in [-0.05, 0) is 52.2 Å². The molecule has 3 rings (SSSR count). The van der Waals surface area contributed by atoms with Crippen LogP contribution in [0.4, 0.5) is 17.5 Å². The number of aryl methyl sites for hydroxylation is 4. The maximum Gasteiger partial charge on any atom is 0.227 e. The summed E-state index contributed by atoms with van der Waals surface area (Å²) in [6.07, 6.45) is 0.631. The minimum Gasteiger partial charge on any atom is -0.340 e. The fraction of sp³-hybridized carbons (Fsp3) is 0.500. The monoisotopic (exact) mass is 388 g/mol. The number of aromatic nitrogens is 2. The molecule has 0 amide bonds. The lowest BCUT2D eigenvalue weighted by atomic mass is 10.1. The Hall–Kier alpha value is -2.15. The van der Waals surface area contributed by atoms with E-state index in [2.05, 4.69) is 43.2 Å². The number of anilines is 3. The Balaban J connectivity index is 1.92. The van der Waals surface area contributed by atoms with E-state index in [0.29, 0.717) is 18.9 Å². The smallest absolute Gasteiger partial charge is 0.227 e. The first-order valence-electron chi connectivity index (χ1n) is 9.36. The SMILES string of the molecule is CCN(c1nc(C)cc(Nc2c(C)cc(C)cc2C)n1)C1CCS(=O)(=O)C1. The molecule has 6 nitrogen and oxygen atoms in total. The number of benzene rings is 1. The molecule has 1 N–H and O–H groups in total. The second-order valence-electron chi connectivity index (χ2n) is 7.44. The van der Waals surface area contributed by atoms with Crippen LogP contribution in [-0.2, 0) is 9.84 Å². The first kappa shape index (κ1) is 19.6. The molecule has 0 bridgehead atoms. The third-order valence-corrected chi connectivity index (χ3v) is 6.77. The topological polar surface area (TPSA) is 75.2 Å². The number of nitrogens with zero attached hydrogens (tertiary/aromatic N) is 3. The molecule has 0 saturated carbocycles. The van der Waals surface area contributed by atoms with Gasteiger partial charge < -0.3 is 10.2 Å². The zero-order chi connectivity index (χ0) is 19.8. The first-order valence-corrected chi connectivity index (χ1v) is 11.2. The van der Waals surface area contributed by atoms with Gasteiger partial charge in [-0.2, -0.15) is 4.98 Å². The highest BCUT2D eigenvalue weighted by atomic mass is 32.2. The largest absolute Gasteiger partial charge is 0.340 e. The van der Waals surface area contributed by atoms with Crippen molar-refractivity contribution >= 4 is 27.3 Å². The molecule has 2 aromatic rings. The zero-order valence-corrected chi connectivity index (χ0v) is 17.5. The summed E-state index contributed by atoms with van der Waals surface area (Å²) in [7, 11) is -2.96. The summed E-state index contributed by atoms with van der Waals surface area (Å²) in [6, 6.07) is 6.15. The molecular formula is C20H28N4O2S. The van der Waals surface area contributed by atoms with Crippen LogP contribution in [0.5, 0.6) is 0 Å². The minimum absolute atomic E-state index is 0.0579. The standard InChI is InChI=1S/C20H28N4O2S/c1-6-24(17-7-8-27(25,26)12-17)20-21-16(5)11-18(23-20)22-19-14(3)9-13(2)10-15(19)4/h9-11,17H,6-8,12H2,1-5H3,(H,21,22,23). The summed E-state index contributed by atoms with van der Waals surface area (Å²) in [4.78, 5) is 11.3. The van der Waals surface area contributed by atoms with Crippen molar-refractivity contribution in [3.05, 3.63) is 40.6 Å². The maximum atomic E-state index is 11.9. The highest BCUT2D eigenvalue weighted by Gasteiger charge is 2.33. The molecule has 1 atom stereocenters. The van der Waals surface area contributed by atoms with Gasteiger partial charge in [0.2, 0.25) is 5.95 Å². The molecule has 1 saturated heterocycles. The lowest BCUT2D eigenvalue weighted by Crippen LogP contribution is -2.37. The van der Waals surface area contributed by atoms with E-state index in [-0.39, 0.29) is 17.5 Å². The fourth-order valence-electron chi connectivity index (χ4n) is 3.83. The lowest BCUT2D eigenvalue weighted by Gasteiger charge is -2.27. The first-order chi connectivity index (χ1) is 12.7. The van der Waals surface area contributed by atoms with Crippen molar-refractivity contribution in [3.63, 3.8) is 0 Å². The Morgan fingerprint density at radius 1 is 1.11 bits per heavy atom. The van der Waals surface area contributed by atoms with Crippen LogP contribution < -0.4 is 10.2 Å².